The van der Waals surface area contributed by atoms with Crippen molar-refractivity contribution in [2.45, 2.75) is 38.8 Å². The summed E-state index contributed by atoms with van der Waals surface area (Å²) in [5.74, 6) is 0.594. The van der Waals surface area contributed by atoms with Crippen LogP contribution in [-0.2, 0) is 4.74 Å². The minimum atomic E-state index is -0.801. The first-order valence-electron chi connectivity index (χ1n) is 9.93. The molecule has 0 radical (unpaired) electrons. The lowest BCUT2D eigenvalue weighted by atomic mass is 10.0. The number of unbranched alkanes of at least 4 members (excludes halogenated alkanes) is 2. The average Bonchev–Trinajstić information content (AvgIpc) is 3.18. The monoisotopic (exact) mass is 436 g/mol. The Morgan fingerprint density at radius 3 is 2.79 bits per heavy atom. The standard InChI is InChI=1S/C21H27ClN3O3S/c1-3-4-8-14-27-19-18(23-29-24-19)17-12-9-13-25(2,15-17)20(28-21(22)26)16-10-6-5-7-11-16/h5-7,10-12,20H,3-4,8-9,13-15H2,1-2H3/q+1. The van der Waals surface area contributed by atoms with Gasteiger partial charge in [-0.25, -0.2) is 4.79 Å². The van der Waals surface area contributed by atoms with Gasteiger partial charge in [-0.1, -0.05) is 44.0 Å². The molecule has 8 heteroatoms. The average molecular weight is 437 g/mol. The van der Waals surface area contributed by atoms with Crippen molar-refractivity contribution in [2.75, 3.05) is 26.7 Å². The molecule has 1 aliphatic rings. The number of halogens is 1. The van der Waals surface area contributed by atoms with Crippen LogP contribution in [0.3, 0.4) is 0 Å². The van der Waals surface area contributed by atoms with E-state index in [9.17, 15) is 4.79 Å². The van der Waals surface area contributed by atoms with E-state index in [1.807, 2.05) is 30.3 Å². The van der Waals surface area contributed by atoms with E-state index in [0.717, 1.165) is 60.8 Å². The minimum absolute atomic E-state index is 0.487. The van der Waals surface area contributed by atoms with E-state index in [1.165, 1.54) is 0 Å². The molecule has 0 N–H and O–H groups in total. The van der Waals surface area contributed by atoms with Gasteiger partial charge in [0.2, 0.25) is 0 Å². The summed E-state index contributed by atoms with van der Waals surface area (Å²) in [6, 6.07) is 9.72. The third kappa shape index (κ3) is 5.56. The summed E-state index contributed by atoms with van der Waals surface area (Å²) in [5, 5.41) is 0. The number of aromatic nitrogens is 2. The van der Waals surface area contributed by atoms with Crippen LogP contribution in [0.5, 0.6) is 5.88 Å². The number of nitrogens with zero attached hydrogens (tertiary/aromatic N) is 3. The highest BCUT2D eigenvalue weighted by Crippen LogP contribution is 2.37. The number of rotatable bonds is 9. The molecule has 0 bridgehead atoms. The van der Waals surface area contributed by atoms with Crippen LogP contribution >= 0.6 is 23.3 Å². The molecule has 6 nitrogen and oxygen atoms in total. The van der Waals surface area contributed by atoms with E-state index in [2.05, 4.69) is 28.8 Å². The van der Waals surface area contributed by atoms with Crippen LogP contribution in [0.15, 0.2) is 36.4 Å². The topological polar surface area (TPSA) is 61.3 Å². The van der Waals surface area contributed by atoms with Gasteiger partial charge >= 0.3 is 5.43 Å². The zero-order valence-corrected chi connectivity index (χ0v) is 18.4. The SMILES string of the molecule is CCCCCOc1nsnc1C1=CCC[N+](C)(C(OC(=O)Cl)c2ccccc2)C1. The maximum Gasteiger partial charge on any atom is 0.408 e. The highest BCUT2D eigenvalue weighted by Gasteiger charge is 2.40. The summed E-state index contributed by atoms with van der Waals surface area (Å²) in [6.07, 6.45) is 5.80. The molecule has 0 saturated carbocycles. The molecule has 2 heterocycles. The van der Waals surface area contributed by atoms with Crippen molar-refractivity contribution in [3.63, 3.8) is 0 Å². The van der Waals surface area contributed by atoms with E-state index >= 15 is 0 Å². The number of hydrogen-bond donors (Lipinski definition) is 0. The number of ether oxygens (including phenoxy) is 2. The lowest BCUT2D eigenvalue weighted by Crippen LogP contribution is -2.51. The maximum atomic E-state index is 11.6. The van der Waals surface area contributed by atoms with E-state index < -0.39 is 11.7 Å². The second-order valence-electron chi connectivity index (χ2n) is 7.47. The molecule has 2 atom stereocenters. The Kier molecular flexibility index (Phi) is 7.64. The Hall–Kier alpha value is -1.96. The van der Waals surface area contributed by atoms with Crippen LogP contribution < -0.4 is 4.74 Å². The molecule has 0 saturated heterocycles. The van der Waals surface area contributed by atoms with Crippen LogP contribution in [0.2, 0.25) is 0 Å². The predicted molar refractivity (Wildman–Crippen MR) is 115 cm³/mol. The lowest BCUT2D eigenvalue weighted by molar-refractivity contribution is -0.953. The zero-order chi connectivity index (χ0) is 20.7. The summed E-state index contributed by atoms with van der Waals surface area (Å²) < 4.78 is 20.8. The number of benzene rings is 1. The van der Waals surface area contributed by atoms with Crippen LogP contribution in [0.25, 0.3) is 5.57 Å². The summed E-state index contributed by atoms with van der Waals surface area (Å²) in [7, 11) is 2.08. The number of quaternary nitrogens is 1. The van der Waals surface area contributed by atoms with Gasteiger partial charge in [0.1, 0.15) is 12.2 Å². The normalized spacial score (nSPS) is 20.0. The highest BCUT2D eigenvalue weighted by molar-refractivity contribution is 6.99. The van der Waals surface area contributed by atoms with Crippen molar-refractivity contribution in [2.24, 2.45) is 0 Å². The van der Waals surface area contributed by atoms with E-state index in [1.54, 1.807) is 0 Å². The maximum absolute atomic E-state index is 11.6. The first-order valence-corrected chi connectivity index (χ1v) is 11.0. The summed E-state index contributed by atoms with van der Waals surface area (Å²) in [4.78, 5) is 11.6. The van der Waals surface area contributed by atoms with Crippen molar-refractivity contribution in [3.05, 3.63) is 47.7 Å². The van der Waals surface area contributed by atoms with Gasteiger partial charge in [0.25, 0.3) is 12.1 Å². The molecular formula is C21H27ClN3O3S+. The predicted octanol–water partition coefficient (Wildman–Crippen LogP) is 5.42. The second-order valence-corrected chi connectivity index (χ2v) is 8.31. The third-order valence-corrected chi connectivity index (χ3v) is 5.77. The van der Waals surface area contributed by atoms with Crippen molar-refractivity contribution < 1.29 is 18.8 Å². The van der Waals surface area contributed by atoms with Gasteiger partial charge in [0, 0.05) is 23.6 Å². The summed E-state index contributed by atoms with van der Waals surface area (Å²) >= 11 is 6.78. The lowest BCUT2D eigenvalue weighted by Gasteiger charge is -2.42. The third-order valence-electron chi connectivity index (χ3n) is 5.17. The Morgan fingerprint density at radius 2 is 2.07 bits per heavy atom. The smallest absolute Gasteiger partial charge is 0.408 e. The van der Waals surface area contributed by atoms with Crippen molar-refractivity contribution in [3.8, 4) is 5.88 Å². The van der Waals surface area contributed by atoms with Crippen LogP contribution in [0, 0.1) is 0 Å². The first kappa shape index (κ1) is 21.7. The molecule has 0 aliphatic carbocycles. The van der Waals surface area contributed by atoms with Crippen LogP contribution in [-0.4, -0.2) is 45.4 Å². The van der Waals surface area contributed by atoms with Gasteiger partial charge in [-0.15, -0.1) is 4.37 Å². The fraction of sp³-hybridized carbons (Fsp3) is 0.476. The molecule has 1 aromatic carbocycles. The Labute approximate surface area is 181 Å². The van der Waals surface area contributed by atoms with Crippen molar-refractivity contribution in [1.29, 1.82) is 0 Å². The molecule has 156 valence electrons. The fourth-order valence-electron chi connectivity index (χ4n) is 3.69. The van der Waals surface area contributed by atoms with E-state index in [0.29, 0.717) is 23.5 Å². The van der Waals surface area contributed by atoms with E-state index in [-0.39, 0.29) is 0 Å². The zero-order valence-electron chi connectivity index (χ0n) is 16.8. The molecule has 1 aliphatic heterocycles. The molecular weight excluding hydrogens is 410 g/mol. The second kappa shape index (κ2) is 10.2. The molecule has 3 rings (SSSR count). The number of carbonyl (C=O) groups is 1. The van der Waals surface area contributed by atoms with Crippen LogP contribution in [0.4, 0.5) is 4.79 Å². The van der Waals surface area contributed by atoms with Gasteiger partial charge in [-0.3, -0.25) is 4.48 Å². The molecule has 2 aromatic rings. The summed E-state index contributed by atoms with van der Waals surface area (Å²) in [5.41, 5.74) is 1.96. The number of hydrogen-bond acceptors (Lipinski definition) is 6. The van der Waals surface area contributed by atoms with Crippen molar-refractivity contribution >= 4 is 34.3 Å². The molecule has 1 aromatic heterocycles. The molecule has 29 heavy (non-hydrogen) atoms. The van der Waals surface area contributed by atoms with Gasteiger partial charge in [-0.2, -0.15) is 4.37 Å². The van der Waals surface area contributed by atoms with Crippen molar-refractivity contribution in [1.82, 2.24) is 8.75 Å². The van der Waals surface area contributed by atoms with Gasteiger partial charge in [0.05, 0.1) is 37.5 Å². The van der Waals surface area contributed by atoms with Crippen LogP contribution in [0.1, 0.15) is 50.1 Å². The largest absolute Gasteiger partial charge is 0.475 e. The van der Waals surface area contributed by atoms with Gasteiger partial charge in [-0.05, 0) is 18.6 Å². The van der Waals surface area contributed by atoms with E-state index in [4.69, 9.17) is 21.1 Å². The number of carbonyl (C=O) groups excluding carboxylic acids is 1. The number of likely N-dealkylation sites (N-methyl/N-ethyl adjacent to an activating group) is 1. The highest BCUT2D eigenvalue weighted by atomic mass is 35.5. The molecule has 0 spiro atoms. The Balaban J connectivity index is 1.80. The molecule has 0 amide bonds. The first-order chi connectivity index (χ1) is 14.0. The quantitative estimate of drug-likeness (QED) is 0.298. The fourth-order valence-corrected chi connectivity index (χ4v) is 4.31. The molecule has 2 unspecified atom stereocenters. The summed E-state index contributed by atoms with van der Waals surface area (Å²) in [6.45, 7) is 4.26. The Morgan fingerprint density at radius 1 is 1.28 bits per heavy atom. The molecule has 0 fully saturated rings. The Bertz CT molecular complexity index is 843. The minimum Gasteiger partial charge on any atom is -0.475 e. The van der Waals surface area contributed by atoms with Gasteiger partial charge < -0.3 is 9.47 Å². The van der Waals surface area contributed by atoms with Gasteiger partial charge in [0.15, 0.2) is 0 Å².